The first-order chi connectivity index (χ1) is 10.8. The number of nitrogens with zero attached hydrogens (tertiary/aromatic N) is 3. The van der Waals surface area contributed by atoms with Gasteiger partial charge in [0.25, 0.3) is 5.91 Å². The molecule has 5 nitrogen and oxygen atoms in total. The van der Waals surface area contributed by atoms with Gasteiger partial charge in [-0.1, -0.05) is 41.5 Å². The van der Waals surface area contributed by atoms with Crippen LogP contribution in [0.5, 0.6) is 0 Å². The van der Waals surface area contributed by atoms with Crippen molar-refractivity contribution in [3.8, 4) is 0 Å². The quantitative estimate of drug-likeness (QED) is 0.703. The van der Waals surface area contributed by atoms with Gasteiger partial charge in [-0.15, -0.1) is 0 Å². The zero-order chi connectivity index (χ0) is 17.6. The van der Waals surface area contributed by atoms with Gasteiger partial charge in [0, 0.05) is 19.6 Å². The van der Waals surface area contributed by atoms with Gasteiger partial charge in [-0.2, -0.15) is 5.10 Å². The molecule has 0 aliphatic rings. The summed E-state index contributed by atoms with van der Waals surface area (Å²) in [5.74, 6) is 0.728. The lowest BCUT2D eigenvalue weighted by Gasteiger charge is -2.27. The monoisotopic (exact) mass is 386 g/mol. The second-order valence-corrected chi connectivity index (χ2v) is 7.42. The highest BCUT2D eigenvalue weighted by Gasteiger charge is 2.24. The maximum Gasteiger partial charge on any atom is 0.275 e. The molecule has 0 spiro atoms. The molecule has 0 unspecified atom stereocenters. The fraction of sp³-hybridized carbons (Fsp3) is 0.765. The number of carbonyl (C=O) groups is 1. The highest BCUT2D eigenvalue weighted by molar-refractivity contribution is 9.10. The second kappa shape index (κ2) is 9.42. The number of hydrogen-bond acceptors (Lipinski definition) is 3. The van der Waals surface area contributed by atoms with E-state index in [-0.39, 0.29) is 5.91 Å². The third-order valence-corrected chi connectivity index (χ3v) is 4.77. The van der Waals surface area contributed by atoms with E-state index in [1.807, 2.05) is 4.90 Å². The molecular weight excluding hydrogens is 356 g/mol. The van der Waals surface area contributed by atoms with Crippen molar-refractivity contribution in [2.75, 3.05) is 32.7 Å². The van der Waals surface area contributed by atoms with E-state index < -0.39 is 0 Å². The van der Waals surface area contributed by atoms with Crippen LogP contribution in [0.2, 0.25) is 0 Å². The fourth-order valence-electron chi connectivity index (χ4n) is 2.53. The Hall–Kier alpha value is -0.880. The third-order valence-electron chi connectivity index (χ3n) is 3.97. The van der Waals surface area contributed by atoms with Crippen LogP contribution in [-0.2, 0) is 0 Å². The number of amides is 1. The van der Waals surface area contributed by atoms with Crippen molar-refractivity contribution in [2.45, 2.75) is 47.5 Å². The number of aromatic nitrogens is 2. The molecule has 132 valence electrons. The number of likely N-dealkylation sites (N-methyl/N-ethyl adjacent to an activating group) is 1. The van der Waals surface area contributed by atoms with Gasteiger partial charge in [0.15, 0.2) is 5.69 Å². The van der Waals surface area contributed by atoms with Crippen LogP contribution < -0.4 is 0 Å². The van der Waals surface area contributed by atoms with Gasteiger partial charge in [-0.3, -0.25) is 9.89 Å². The van der Waals surface area contributed by atoms with Crippen LogP contribution in [-0.4, -0.2) is 58.6 Å². The zero-order valence-corrected chi connectivity index (χ0v) is 16.9. The molecule has 1 heterocycles. The number of rotatable bonds is 9. The van der Waals surface area contributed by atoms with Crippen LogP contribution in [0.15, 0.2) is 4.47 Å². The first-order valence-corrected chi connectivity index (χ1v) is 9.36. The van der Waals surface area contributed by atoms with Gasteiger partial charge in [-0.25, -0.2) is 0 Å². The van der Waals surface area contributed by atoms with Crippen LogP contribution in [0.1, 0.15) is 63.6 Å². The summed E-state index contributed by atoms with van der Waals surface area (Å²) in [4.78, 5) is 17.2. The topological polar surface area (TPSA) is 52.2 Å². The van der Waals surface area contributed by atoms with Crippen molar-refractivity contribution in [1.82, 2.24) is 20.0 Å². The lowest BCUT2D eigenvalue weighted by atomic mass is 10.1. The Labute approximate surface area is 148 Å². The van der Waals surface area contributed by atoms with Crippen molar-refractivity contribution in [2.24, 2.45) is 5.92 Å². The lowest BCUT2D eigenvalue weighted by molar-refractivity contribution is 0.0709. The van der Waals surface area contributed by atoms with Crippen LogP contribution >= 0.6 is 15.9 Å². The minimum absolute atomic E-state index is 0.000816. The largest absolute Gasteiger partial charge is 0.336 e. The molecule has 0 fully saturated rings. The Bertz CT molecular complexity index is 495. The van der Waals surface area contributed by atoms with E-state index >= 15 is 0 Å². The summed E-state index contributed by atoms with van der Waals surface area (Å²) < 4.78 is 0.800. The maximum absolute atomic E-state index is 12.9. The van der Waals surface area contributed by atoms with E-state index in [1.165, 1.54) is 0 Å². The van der Waals surface area contributed by atoms with Crippen LogP contribution in [0, 0.1) is 5.92 Å². The van der Waals surface area contributed by atoms with Gasteiger partial charge in [0.2, 0.25) is 0 Å². The van der Waals surface area contributed by atoms with Gasteiger partial charge < -0.3 is 9.80 Å². The summed E-state index contributed by atoms with van der Waals surface area (Å²) in [6.45, 7) is 17.1. The predicted molar refractivity (Wildman–Crippen MR) is 98.9 cm³/mol. The first-order valence-electron chi connectivity index (χ1n) is 8.57. The lowest BCUT2D eigenvalue weighted by Crippen LogP contribution is -2.40. The SMILES string of the molecule is CCN(CC)CCN(CC(C)C)C(=O)c1n[nH]c(C(C)C)c1Br. The van der Waals surface area contributed by atoms with E-state index in [2.05, 4.69) is 72.6 Å². The Morgan fingerprint density at radius 2 is 1.78 bits per heavy atom. The molecule has 0 aliphatic carbocycles. The smallest absolute Gasteiger partial charge is 0.275 e. The Morgan fingerprint density at radius 1 is 1.17 bits per heavy atom. The normalized spacial score (nSPS) is 11.7. The molecule has 0 aromatic carbocycles. The predicted octanol–water partition coefficient (Wildman–Crippen LogP) is 3.74. The summed E-state index contributed by atoms with van der Waals surface area (Å²) in [5.41, 5.74) is 1.47. The fourth-order valence-corrected chi connectivity index (χ4v) is 3.34. The standard InChI is InChI=1S/C17H31BrN4O/c1-7-21(8-2)9-10-22(11-12(3)4)17(23)16-14(18)15(13(5)6)19-20-16/h12-13H,7-11H2,1-6H3,(H,19,20). The van der Waals surface area contributed by atoms with Gasteiger partial charge in [0.1, 0.15) is 0 Å². The van der Waals surface area contributed by atoms with Crippen molar-refractivity contribution in [3.05, 3.63) is 15.9 Å². The van der Waals surface area contributed by atoms with Crippen molar-refractivity contribution in [1.29, 1.82) is 0 Å². The van der Waals surface area contributed by atoms with Gasteiger partial charge in [-0.05, 0) is 40.9 Å². The van der Waals surface area contributed by atoms with Gasteiger partial charge in [0.05, 0.1) is 10.2 Å². The van der Waals surface area contributed by atoms with Crippen LogP contribution in [0.3, 0.4) is 0 Å². The molecule has 0 aliphatic heterocycles. The first kappa shape index (κ1) is 20.2. The number of H-pyrrole nitrogens is 1. The maximum atomic E-state index is 12.9. The summed E-state index contributed by atoms with van der Waals surface area (Å²) in [6.07, 6.45) is 0. The Balaban J connectivity index is 2.91. The van der Waals surface area contributed by atoms with Crippen molar-refractivity contribution in [3.63, 3.8) is 0 Å². The average Bonchev–Trinajstić information content (AvgIpc) is 2.87. The molecule has 0 saturated carbocycles. The summed E-state index contributed by atoms with van der Waals surface area (Å²) >= 11 is 3.54. The van der Waals surface area contributed by atoms with E-state index in [0.717, 1.165) is 42.9 Å². The van der Waals surface area contributed by atoms with Crippen molar-refractivity contribution >= 4 is 21.8 Å². The van der Waals surface area contributed by atoms with Crippen LogP contribution in [0.4, 0.5) is 0 Å². The number of aromatic amines is 1. The molecule has 1 N–H and O–H groups in total. The average molecular weight is 387 g/mol. The summed E-state index contributed by atoms with van der Waals surface area (Å²) in [6, 6.07) is 0. The number of carbonyl (C=O) groups excluding carboxylic acids is 1. The Morgan fingerprint density at radius 3 is 2.22 bits per heavy atom. The molecule has 0 bridgehead atoms. The van der Waals surface area contributed by atoms with Crippen molar-refractivity contribution < 1.29 is 4.79 Å². The highest BCUT2D eigenvalue weighted by Crippen LogP contribution is 2.26. The molecule has 6 heteroatoms. The van der Waals surface area contributed by atoms with Gasteiger partial charge >= 0.3 is 0 Å². The van der Waals surface area contributed by atoms with E-state index in [4.69, 9.17) is 0 Å². The minimum Gasteiger partial charge on any atom is -0.336 e. The number of halogens is 1. The Kier molecular flexibility index (Phi) is 8.26. The second-order valence-electron chi connectivity index (χ2n) is 6.63. The zero-order valence-electron chi connectivity index (χ0n) is 15.3. The molecule has 1 aromatic rings. The van der Waals surface area contributed by atoms with E-state index in [0.29, 0.717) is 17.5 Å². The third kappa shape index (κ3) is 5.60. The number of hydrogen-bond donors (Lipinski definition) is 1. The molecule has 1 aromatic heterocycles. The minimum atomic E-state index is 0.000816. The molecule has 0 atom stereocenters. The number of nitrogens with one attached hydrogen (secondary N) is 1. The molecule has 1 rings (SSSR count). The molecule has 1 amide bonds. The molecule has 0 saturated heterocycles. The summed E-state index contributed by atoms with van der Waals surface area (Å²) in [5, 5.41) is 7.25. The molecule has 23 heavy (non-hydrogen) atoms. The van der Waals surface area contributed by atoms with E-state index in [9.17, 15) is 4.79 Å². The molecule has 0 radical (unpaired) electrons. The van der Waals surface area contributed by atoms with Crippen LogP contribution in [0.25, 0.3) is 0 Å². The highest BCUT2D eigenvalue weighted by atomic mass is 79.9. The van der Waals surface area contributed by atoms with E-state index in [1.54, 1.807) is 0 Å². The summed E-state index contributed by atoms with van der Waals surface area (Å²) in [7, 11) is 0. The molecular formula is C17H31BrN4O.